The van der Waals surface area contributed by atoms with Crippen LogP contribution in [-0.2, 0) is 6.42 Å². The van der Waals surface area contributed by atoms with Gasteiger partial charge in [-0.25, -0.2) is 4.39 Å². The van der Waals surface area contributed by atoms with E-state index in [2.05, 4.69) is 11.8 Å². The molecule has 0 aromatic heterocycles. The van der Waals surface area contributed by atoms with Crippen LogP contribution in [0.5, 0.6) is 0 Å². The van der Waals surface area contributed by atoms with Crippen molar-refractivity contribution >= 4 is 0 Å². The van der Waals surface area contributed by atoms with Crippen molar-refractivity contribution in [2.75, 3.05) is 19.6 Å². The van der Waals surface area contributed by atoms with E-state index >= 15 is 0 Å². The standard InChI is InChI=1S/C15H23FN2/c1-15(12-17,18-9-3-2-4-10-18)11-13-5-7-14(16)8-6-13/h5-8H,2-4,9-12,17H2,1H3. The van der Waals surface area contributed by atoms with Crippen molar-refractivity contribution in [1.82, 2.24) is 4.90 Å². The maximum Gasteiger partial charge on any atom is 0.123 e. The van der Waals surface area contributed by atoms with Crippen LogP contribution in [0.15, 0.2) is 24.3 Å². The van der Waals surface area contributed by atoms with E-state index in [1.54, 1.807) is 0 Å². The van der Waals surface area contributed by atoms with Crippen molar-refractivity contribution in [3.63, 3.8) is 0 Å². The molecule has 1 atom stereocenters. The van der Waals surface area contributed by atoms with Gasteiger partial charge in [0.15, 0.2) is 0 Å². The summed E-state index contributed by atoms with van der Waals surface area (Å²) in [6.07, 6.45) is 4.75. The monoisotopic (exact) mass is 250 g/mol. The minimum Gasteiger partial charge on any atom is -0.329 e. The zero-order valence-corrected chi connectivity index (χ0v) is 11.2. The number of hydrogen-bond donors (Lipinski definition) is 1. The molecule has 3 heteroatoms. The molecule has 18 heavy (non-hydrogen) atoms. The molecule has 1 saturated heterocycles. The Balaban J connectivity index is 2.08. The van der Waals surface area contributed by atoms with E-state index in [4.69, 9.17) is 5.73 Å². The van der Waals surface area contributed by atoms with E-state index in [0.29, 0.717) is 6.54 Å². The van der Waals surface area contributed by atoms with Gasteiger partial charge in [-0.15, -0.1) is 0 Å². The van der Waals surface area contributed by atoms with Gasteiger partial charge < -0.3 is 5.73 Å². The van der Waals surface area contributed by atoms with Crippen molar-refractivity contribution in [1.29, 1.82) is 0 Å². The molecule has 0 aliphatic carbocycles. The van der Waals surface area contributed by atoms with Crippen LogP contribution in [0, 0.1) is 5.82 Å². The molecule has 0 bridgehead atoms. The molecule has 2 rings (SSSR count). The molecule has 1 aliphatic rings. The maximum atomic E-state index is 12.9. The van der Waals surface area contributed by atoms with Crippen LogP contribution >= 0.6 is 0 Å². The summed E-state index contributed by atoms with van der Waals surface area (Å²) in [6.45, 7) is 5.13. The number of nitrogens with two attached hydrogens (primary N) is 1. The highest BCUT2D eigenvalue weighted by Gasteiger charge is 2.31. The minimum absolute atomic E-state index is 0.00174. The molecule has 1 heterocycles. The fraction of sp³-hybridized carbons (Fsp3) is 0.600. The number of halogens is 1. The number of piperidine rings is 1. The highest BCUT2D eigenvalue weighted by Crippen LogP contribution is 2.24. The molecule has 2 N–H and O–H groups in total. The third-order valence-electron chi connectivity index (χ3n) is 4.06. The zero-order chi connectivity index (χ0) is 13.0. The SMILES string of the molecule is CC(CN)(Cc1ccc(F)cc1)N1CCCCC1. The molecular weight excluding hydrogens is 227 g/mol. The molecule has 0 spiro atoms. The Morgan fingerprint density at radius 3 is 2.33 bits per heavy atom. The number of rotatable bonds is 4. The van der Waals surface area contributed by atoms with Crippen molar-refractivity contribution in [2.45, 2.75) is 38.1 Å². The number of hydrogen-bond acceptors (Lipinski definition) is 2. The third-order valence-corrected chi connectivity index (χ3v) is 4.06. The van der Waals surface area contributed by atoms with E-state index in [-0.39, 0.29) is 11.4 Å². The number of likely N-dealkylation sites (tertiary alicyclic amines) is 1. The predicted molar refractivity (Wildman–Crippen MR) is 73.0 cm³/mol. The van der Waals surface area contributed by atoms with Crippen molar-refractivity contribution in [3.8, 4) is 0 Å². The Morgan fingerprint density at radius 2 is 1.78 bits per heavy atom. The van der Waals surface area contributed by atoms with Gasteiger partial charge in [0.05, 0.1) is 0 Å². The number of nitrogens with zero attached hydrogens (tertiary/aromatic N) is 1. The maximum absolute atomic E-state index is 12.9. The highest BCUT2D eigenvalue weighted by atomic mass is 19.1. The van der Waals surface area contributed by atoms with E-state index in [1.807, 2.05) is 12.1 Å². The van der Waals surface area contributed by atoms with Crippen LogP contribution in [-0.4, -0.2) is 30.1 Å². The van der Waals surface area contributed by atoms with Crippen LogP contribution in [0.4, 0.5) is 4.39 Å². The first-order valence-corrected chi connectivity index (χ1v) is 6.84. The highest BCUT2D eigenvalue weighted by molar-refractivity contribution is 5.19. The second-order valence-electron chi connectivity index (χ2n) is 5.55. The van der Waals surface area contributed by atoms with Gasteiger partial charge in [-0.1, -0.05) is 18.6 Å². The molecule has 1 fully saturated rings. The smallest absolute Gasteiger partial charge is 0.123 e. The van der Waals surface area contributed by atoms with Gasteiger partial charge in [-0.3, -0.25) is 4.90 Å². The van der Waals surface area contributed by atoms with Gasteiger partial charge >= 0.3 is 0 Å². The lowest BCUT2D eigenvalue weighted by Gasteiger charge is -2.43. The first-order valence-electron chi connectivity index (χ1n) is 6.84. The Bertz CT molecular complexity index is 371. The Kier molecular flexibility index (Phi) is 4.36. The molecule has 2 nitrogen and oxygen atoms in total. The fourth-order valence-corrected chi connectivity index (χ4v) is 2.79. The first kappa shape index (κ1) is 13.5. The van der Waals surface area contributed by atoms with Gasteiger partial charge in [0.25, 0.3) is 0 Å². The molecule has 0 saturated carbocycles. The minimum atomic E-state index is -0.175. The normalized spacial score (nSPS) is 20.6. The zero-order valence-electron chi connectivity index (χ0n) is 11.2. The van der Waals surface area contributed by atoms with E-state index in [0.717, 1.165) is 25.1 Å². The van der Waals surface area contributed by atoms with Crippen LogP contribution in [0.1, 0.15) is 31.7 Å². The Labute approximate surface area is 109 Å². The first-order chi connectivity index (χ1) is 8.64. The van der Waals surface area contributed by atoms with Gasteiger partial charge in [0.1, 0.15) is 5.82 Å². The Hall–Kier alpha value is -0.930. The quantitative estimate of drug-likeness (QED) is 0.890. The molecule has 1 unspecified atom stereocenters. The summed E-state index contributed by atoms with van der Waals surface area (Å²) in [6, 6.07) is 6.80. The average molecular weight is 250 g/mol. The summed E-state index contributed by atoms with van der Waals surface area (Å²) in [5.41, 5.74) is 7.16. The molecule has 0 amide bonds. The van der Waals surface area contributed by atoms with Gasteiger partial charge in [0.2, 0.25) is 0 Å². The lowest BCUT2D eigenvalue weighted by molar-refractivity contribution is 0.0870. The lowest BCUT2D eigenvalue weighted by atomic mass is 9.89. The van der Waals surface area contributed by atoms with Crippen LogP contribution < -0.4 is 5.73 Å². The summed E-state index contributed by atoms with van der Waals surface area (Å²) in [7, 11) is 0. The van der Waals surface area contributed by atoms with E-state index in [1.165, 1.54) is 31.4 Å². The number of benzene rings is 1. The molecule has 100 valence electrons. The second kappa shape index (κ2) is 5.81. The predicted octanol–water partition coefficient (Wildman–Crippen LogP) is 2.57. The summed E-state index contributed by atoms with van der Waals surface area (Å²) < 4.78 is 12.9. The summed E-state index contributed by atoms with van der Waals surface area (Å²) in [5.74, 6) is -0.175. The third kappa shape index (κ3) is 3.09. The van der Waals surface area contributed by atoms with Crippen molar-refractivity contribution < 1.29 is 4.39 Å². The van der Waals surface area contributed by atoms with Gasteiger partial charge in [0, 0.05) is 12.1 Å². The summed E-state index contributed by atoms with van der Waals surface area (Å²) in [4.78, 5) is 2.50. The lowest BCUT2D eigenvalue weighted by Crippen LogP contribution is -2.54. The van der Waals surface area contributed by atoms with Crippen molar-refractivity contribution in [2.24, 2.45) is 5.73 Å². The molecule has 1 aliphatic heterocycles. The van der Waals surface area contributed by atoms with Crippen LogP contribution in [0.3, 0.4) is 0 Å². The van der Waals surface area contributed by atoms with E-state index in [9.17, 15) is 4.39 Å². The van der Waals surface area contributed by atoms with Gasteiger partial charge in [-0.05, 0) is 57.0 Å². The molecule has 0 radical (unpaired) electrons. The topological polar surface area (TPSA) is 29.3 Å². The molecule has 1 aromatic carbocycles. The summed E-state index contributed by atoms with van der Waals surface area (Å²) >= 11 is 0. The average Bonchev–Trinajstić information content (AvgIpc) is 2.42. The summed E-state index contributed by atoms with van der Waals surface area (Å²) in [5, 5.41) is 0. The van der Waals surface area contributed by atoms with Crippen LogP contribution in [0.25, 0.3) is 0 Å². The van der Waals surface area contributed by atoms with E-state index < -0.39 is 0 Å². The fourth-order valence-electron chi connectivity index (χ4n) is 2.79. The largest absolute Gasteiger partial charge is 0.329 e. The van der Waals surface area contributed by atoms with Crippen molar-refractivity contribution in [3.05, 3.63) is 35.6 Å². The Morgan fingerprint density at radius 1 is 1.17 bits per heavy atom. The molecular formula is C15H23FN2. The van der Waals surface area contributed by atoms with Gasteiger partial charge in [-0.2, -0.15) is 0 Å². The molecule has 1 aromatic rings. The van der Waals surface area contributed by atoms with Crippen LogP contribution in [0.2, 0.25) is 0 Å². The second-order valence-corrected chi connectivity index (χ2v) is 5.55.